The standard InChI is InChI=1S/C44H26N2S/c1-2-11-30(12-3-1)45(33-22-19-27-9-4-5-10-29(27)25-33)31-13-6-14-32(26-31)46-36-17-7-15-34-35-16-8-18-38-42(35)44-39(47-38)24-21-28-20-23-37(46)43(40(28)44)41(34)36/h1-26H. The third-order valence-electron chi connectivity index (χ3n) is 10.0. The van der Waals surface area contributed by atoms with Crippen molar-refractivity contribution in [3.63, 3.8) is 0 Å². The highest BCUT2D eigenvalue weighted by Gasteiger charge is 2.25. The maximum Gasteiger partial charge on any atom is 0.0548 e. The topological polar surface area (TPSA) is 8.17 Å². The molecule has 2 heterocycles. The van der Waals surface area contributed by atoms with E-state index in [1.54, 1.807) is 0 Å². The normalized spacial score (nSPS) is 12.3. The van der Waals surface area contributed by atoms with Crippen LogP contribution in [0.15, 0.2) is 158 Å². The summed E-state index contributed by atoms with van der Waals surface area (Å²) < 4.78 is 5.20. The Labute approximate surface area is 275 Å². The Morgan fingerprint density at radius 2 is 1.06 bits per heavy atom. The van der Waals surface area contributed by atoms with Crippen molar-refractivity contribution in [1.82, 2.24) is 4.57 Å². The Kier molecular flexibility index (Phi) is 5.02. The number of nitrogens with zero attached hydrogens (tertiary/aromatic N) is 2. The third kappa shape index (κ3) is 3.44. The molecular weight excluding hydrogens is 589 g/mol. The molecule has 0 aliphatic heterocycles. The van der Waals surface area contributed by atoms with Crippen LogP contribution >= 0.6 is 11.3 Å². The van der Waals surface area contributed by atoms with E-state index in [2.05, 4.69) is 167 Å². The van der Waals surface area contributed by atoms with Crippen LogP contribution in [0.3, 0.4) is 0 Å². The van der Waals surface area contributed by atoms with Crippen LogP contribution in [0.1, 0.15) is 0 Å². The summed E-state index contributed by atoms with van der Waals surface area (Å²) in [5, 5.41) is 10.7. The molecule has 1 aliphatic carbocycles. The van der Waals surface area contributed by atoms with Gasteiger partial charge in [0.05, 0.1) is 11.0 Å². The molecule has 0 saturated heterocycles. The zero-order valence-electron chi connectivity index (χ0n) is 25.3. The molecule has 0 bridgehead atoms. The zero-order chi connectivity index (χ0) is 30.6. The van der Waals surface area contributed by atoms with Crippen molar-refractivity contribution in [2.24, 2.45) is 0 Å². The summed E-state index contributed by atoms with van der Waals surface area (Å²) in [6.45, 7) is 0. The Hall–Kier alpha value is -5.90. The van der Waals surface area contributed by atoms with E-state index in [-0.39, 0.29) is 0 Å². The van der Waals surface area contributed by atoms with Crippen molar-refractivity contribution in [3.8, 4) is 16.8 Å². The van der Waals surface area contributed by atoms with Gasteiger partial charge in [-0.3, -0.25) is 0 Å². The van der Waals surface area contributed by atoms with Gasteiger partial charge in [-0.25, -0.2) is 0 Å². The molecule has 3 heteroatoms. The van der Waals surface area contributed by atoms with Crippen LogP contribution in [0.5, 0.6) is 0 Å². The summed E-state index contributed by atoms with van der Waals surface area (Å²) >= 11 is 1.91. The van der Waals surface area contributed by atoms with Crippen molar-refractivity contribution < 1.29 is 0 Å². The number of anilines is 3. The van der Waals surface area contributed by atoms with Crippen molar-refractivity contribution in [2.45, 2.75) is 0 Å². The molecule has 0 unspecified atom stereocenters. The number of thiophene rings is 1. The van der Waals surface area contributed by atoms with Gasteiger partial charge in [0.2, 0.25) is 0 Å². The first-order valence-electron chi connectivity index (χ1n) is 16.1. The van der Waals surface area contributed by atoms with E-state index < -0.39 is 0 Å². The summed E-state index contributed by atoms with van der Waals surface area (Å²) in [5.41, 5.74) is 9.67. The van der Waals surface area contributed by atoms with E-state index in [0.29, 0.717) is 0 Å². The van der Waals surface area contributed by atoms with E-state index in [4.69, 9.17) is 0 Å². The van der Waals surface area contributed by atoms with Gasteiger partial charge in [-0.2, -0.15) is 0 Å². The Bertz CT molecular complexity index is 2910. The highest BCUT2D eigenvalue weighted by Crippen LogP contribution is 2.52. The molecule has 0 amide bonds. The van der Waals surface area contributed by atoms with Crippen molar-refractivity contribution in [1.29, 1.82) is 0 Å². The number of fused-ring (bicyclic) bond motifs is 2. The van der Waals surface area contributed by atoms with Crippen LogP contribution in [0, 0.1) is 0 Å². The fraction of sp³-hybridized carbons (Fsp3) is 0. The molecule has 11 rings (SSSR count). The fourth-order valence-electron chi connectivity index (χ4n) is 8.11. The summed E-state index contributed by atoms with van der Waals surface area (Å²) in [7, 11) is 0. The van der Waals surface area contributed by atoms with Crippen molar-refractivity contribution in [3.05, 3.63) is 158 Å². The number of rotatable bonds is 4. The lowest BCUT2D eigenvalue weighted by Crippen LogP contribution is -2.10. The van der Waals surface area contributed by atoms with Gasteiger partial charge < -0.3 is 9.47 Å². The second-order valence-electron chi connectivity index (χ2n) is 12.5. The van der Waals surface area contributed by atoms with Crippen LogP contribution in [0.4, 0.5) is 17.1 Å². The number of hydrogen-bond acceptors (Lipinski definition) is 2. The van der Waals surface area contributed by atoms with E-state index >= 15 is 0 Å². The predicted octanol–water partition coefficient (Wildman–Crippen LogP) is 12.9. The molecule has 10 aromatic rings. The molecule has 0 N–H and O–H groups in total. The fourth-order valence-corrected chi connectivity index (χ4v) is 9.25. The average Bonchev–Trinajstić information content (AvgIpc) is 3.64. The van der Waals surface area contributed by atoms with Crippen molar-refractivity contribution >= 4 is 91.9 Å². The minimum atomic E-state index is 1.12. The SMILES string of the molecule is c1ccc(N(c2cccc(-n3c4cccc5c4c4c6c(ccc7sc8cccc-5c8c76)ccc43)c2)c2ccc3ccccc3c2)cc1. The highest BCUT2D eigenvalue weighted by molar-refractivity contribution is 7.26. The van der Waals surface area contributed by atoms with Crippen LogP contribution in [0.2, 0.25) is 0 Å². The first-order valence-corrected chi connectivity index (χ1v) is 16.9. The van der Waals surface area contributed by atoms with Crippen molar-refractivity contribution in [2.75, 3.05) is 4.90 Å². The van der Waals surface area contributed by atoms with Gasteiger partial charge >= 0.3 is 0 Å². The second-order valence-corrected chi connectivity index (χ2v) is 13.6. The monoisotopic (exact) mass is 614 g/mol. The molecule has 0 saturated carbocycles. The Balaban J connectivity index is 1.21. The number of aromatic nitrogens is 1. The van der Waals surface area contributed by atoms with E-state index in [0.717, 1.165) is 22.7 Å². The second kappa shape index (κ2) is 9.32. The van der Waals surface area contributed by atoms with Crippen LogP contribution in [-0.4, -0.2) is 4.57 Å². The zero-order valence-corrected chi connectivity index (χ0v) is 26.1. The first kappa shape index (κ1) is 25.3. The Morgan fingerprint density at radius 1 is 0.383 bits per heavy atom. The molecule has 1 aliphatic rings. The predicted molar refractivity (Wildman–Crippen MR) is 202 cm³/mol. The molecule has 8 aromatic carbocycles. The molecular formula is C44H26N2S. The minimum absolute atomic E-state index is 1.12. The molecule has 0 radical (unpaired) electrons. The molecule has 0 spiro atoms. The van der Waals surface area contributed by atoms with Gasteiger partial charge in [-0.1, -0.05) is 91.0 Å². The molecule has 47 heavy (non-hydrogen) atoms. The maximum atomic E-state index is 2.48. The smallest absolute Gasteiger partial charge is 0.0548 e. The molecule has 0 atom stereocenters. The lowest BCUT2D eigenvalue weighted by molar-refractivity contribution is 1.17. The van der Waals surface area contributed by atoms with Gasteiger partial charge in [0, 0.05) is 59.1 Å². The number of hydrogen-bond donors (Lipinski definition) is 0. The molecule has 2 nitrogen and oxygen atoms in total. The van der Waals surface area contributed by atoms with Gasteiger partial charge in [-0.05, 0) is 94.0 Å². The van der Waals surface area contributed by atoms with E-state index in [1.807, 2.05) is 11.3 Å². The lowest BCUT2D eigenvalue weighted by atomic mass is 9.98. The molecule has 218 valence electrons. The first-order chi connectivity index (χ1) is 23.3. The average molecular weight is 615 g/mol. The summed E-state index contributed by atoms with van der Waals surface area (Å²) in [4.78, 5) is 2.37. The van der Waals surface area contributed by atoms with Crippen LogP contribution in [-0.2, 0) is 0 Å². The lowest BCUT2D eigenvalue weighted by Gasteiger charge is -2.26. The van der Waals surface area contributed by atoms with Crippen LogP contribution in [0.25, 0.3) is 80.3 Å². The largest absolute Gasteiger partial charge is 0.310 e. The minimum Gasteiger partial charge on any atom is -0.310 e. The van der Waals surface area contributed by atoms with Crippen LogP contribution < -0.4 is 4.90 Å². The number of benzene rings is 8. The third-order valence-corrected chi connectivity index (χ3v) is 11.2. The highest BCUT2D eigenvalue weighted by atomic mass is 32.1. The summed E-state index contributed by atoms with van der Waals surface area (Å²) in [6, 6.07) is 58.0. The van der Waals surface area contributed by atoms with Gasteiger partial charge in [0.25, 0.3) is 0 Å². The molecule has 2 aromatic heterocycles. The van der Waals surface area contributed by atoms with E-state index in [1.165, 1.54) is 74.6 Å². The summed E-state index contributed by atoms with van der Waals surface area (Å²) in [5.74, 6) is 0. The maximum absolute atomic E-state index is 2.48. The Morgan fingerprint density at radius 3 is 1.98 bits per heavy atom. The molecule has 0 fully saturated rings. The van der Waals surface area contributed by atoms with Gasteiger partial charge in [-0.15, -0.1) is 11.3 Å². The van der Waals surface area contributed by atoms with Gasteiger partial charge in [0.15, 0.2) is 0 Å². The number of para-hydroxylation sites is 1. The quantitative estimate of drug-likeness (QED) is 0.191. The van der Waals surface area contributed by atoms with Gasteiger partial charge in [0.1, 0.15) is 0 Å². The summed E-state index contributed by atoms with van der Waals surface area (Å²) in [6.07, 6.45) is 0. The van der Waals surface area contributed by atoms with E-state index in [9.17, 15) is 0 Å².